The molecule has 192 valence electrons. The van der Waals surface area contributed by atoms with Gasteiger partial charge in [-0.2, -0.15) is 0 Å². The van der Waals surface area contributed by atoms with Gasteiger partial charge in [-0.3, -0.25) is 0 Å². The van der Waals surface area contributed by atoms with Crippen molar-refractivity contribution in [2.24, 2.45) is 0 Å². The highest BCUT2D eigenvalue weighted by atomic mass is 19.1. The summed E-state index contributed by atoms with van der Waals surface area (Å²) in [5.41, 5.74) is 1.47. The van der Waals surface area contributed by atoms with Crippen LogP contribution >= 0.6 is 0 Å². The number of alkyl carbamates (subject to hydrolysis) is 1. The third-order valence-corrected chi connectivity index (χ3v) is 6.21. The molecule has 3 aromatic rings. The van der Waals surface area contributed by atoms with Crippen molar-refractivity contribution in [3.05, 3.63) is 71.7 Å². The number of H-pyrrole nitrogens is 1. The maximum atomic E-state index is 13.8. The first kappa shape index (κ1) is 25.5. The zero-order chi connectivity index (χ0) is 25.9. The Kier molecular flexibility index (Phi) is 7.49. The Labute approximate surface area is 209 Å². The van der Waals surface area contributed by atoms with E-state index in [4.69, 9.17) is 9.47 Å². The third-order valence-electron chi connectivity index (χ3n) is 6.21. The molecule has 2 heterocycles. The molecule has 4 rings (SSSR count). The van der Waals surface area contributed by atoms with E-state index in [9.17, 15) is 19.1 Å². The fourth-order valence-corrected chi connectivity index (χ4v) is 4.63. The number of likely N-dealkylation sites (tertiary alicyclic amines) is 1. The topological polar surface area (TPSA) is 104 Å². The van der Waals surface area contributed by atoms with Gasteiger partial charge in [0.25, 0.3) is 0 Å². The molecular weight excluding hydrogens is 465 g/mol. The molecule has 2 amide bonds. The van der Waals surface area contributed by atoms with E-state index in [-0.39, 0.29) is 19.0 Å². The minimum absolute atomic E-state index is 0.0823. The van der Waals surface area contributed by atoms with Crippen LogP contribution in [-0.2, 0) is 16.1 Å². The van der Waals surface area contributed by atoms with Crippen molar-refractivity contribution < 1.29 is 28.6 Å². The Morgan fingerprint density at radius 1 is 1.22 bits per heavy atom. The number of hydrogen-bond donors (Lipinski definition) is 3. The number of aliphatic hydroxyl groups is 1. The van der Waals surface area contributed by atoms with E-state index >= 15 is 0 Å². The predicted octanol–water partition coefficient (Wildman–Crippen LogP) is 4.69. The number of amides is 2. The number of carbonyl (C=O) groups is 2. The van der Waals surface area contributed by atoms with Gasteiger partial charge in [0.2, 0.25) is 0 Å². The molecule has 1 saturated heterocycles. The third kappa shape index (κ3) is 5.96. The summed E-state index contributed by atoms with van der Waals surface area (Å²) >= 11 is 0. The molecule has 1 fully saturated rings. The number of rotatable bonds is 6. The Hall–Kier alpha value is -3.59. The van der Waals surface area contributed by atoms with E-state index in [1.165, 1.54) is 17.0 Å². The molecule has 0 saturated carbocycles. The Morgan fingerprint density at radius 2 is 1.97 bits per heavy atom. The molecule has 9 heteroatoms. The number of halogens is 1. The summed E-state index contributed by atoms with van der Waals surface area (Å²) in [7, 11) is 0. The molecule has 3 atom stereocenters. The molecular formula is C27H32FN3O5. The van der Waals surface area contributed by atoms with Crippen molar-refractivity contribution in [3.8, 4) is 0 Å². The minimum Gasteiger partial charge on any atom is -0.445 e. The summed E-state index contributed by atoms with van der Waals surface area (Å²) in [6.07, 6.45) is 0.104. The molecule has 0 spiro atoms. The molecule has 36 heavy (non-hydrogen) atoms. The van der Waals surface area contributed by atoms with Crippen LogP contribution in [0.15, 0.2) is 54.7 Å². The summed E-state index contributed by atoms with van der Waals surface area (Å²) in [5.74, 6) is -0.898. The predicted molar refractivity (Wildman–Crippen MR) is 133 cm³/mol. The molecule has 8 nitrogen and oxygen atoms in total. The van der Waals surface area contributed by atoms with Gasteiger partial charge in [-0.1, -0.05) is 30.3 Å². The summed E-state index contributed by atoms with van der Waals surface area (Å²) in [6, 6.07) is 13.0. The van der Waals surface area contributed by atoms with Gasteiger partial charge in [0.05, 0.1) is 12.1 Å². The highest BCUT2D eigenvalue weighted by Crippen LogP contribution is 2.36. The number of aromatic nitrogens is 1. The fourth-order valence-electron chi connectivity index (χ4n) is 4.63. The number of ether oxygens (including phenoxy) is 2. The van der Waals surface area contributed by atoms with Gasteiger partial charge in [0.1, 0.15) is 18.0 Å². The van der Waals surface area contributed by atoms with E-state index < -0.39 is 35.9 Å². The lowest BCUT2D eigenvalue weighted by Gasteiger charge is -2.34. The van der Waals surface area contributed by atoms with E-state index in [1.807, 2.05) is 30.3 Å². The molecule has 1 aliphatic heterocycles. The van der Waals surface area contributed by atoms with E-state index in [1.54, 1.807) is 33.0 Å². The van der Waals surface area contributed by atoms with Crippen LogP contribution in [0.25, 0.3) is 10.9 Å². The summed E-state index contributed by atoms with van der Waals surface area (Å²) in [6.45, 7) is 5.85. The highest BCUT2D eigenvalue weighted by Gasteiger charge is 2.44. The van der Waals surface area contributed by atoms with Crippen molar-refractivity contribution in [1.29, 1.82) is 0 Å². The lowest BCUT2D eigenvalue weighted by Crippen LogP contribution is -2.48. The van der Waals surface area contributed by atoms with E-state index in [0.717, 1.165) is 16.5 Å². The Balaban J connectivity index is 1.58. The van der Waals surface area contributed by atoms with Gasteiger partial charge in [-0.15, -0.1) is 0 Å². The first-order valence-electron chi connectivity index (χ1n) is 12.0. The second kappa shape index (κ2) is 10.6. The van der Waals surface area contributed by atoms with Crippen molar-refractivity contribution in [2.45, 2.75) is 57.5 Å². The van der Waals surface area contributed by atoms with Gasteiger partial charge < -0.3 is 29.8 Å². The lowest BCUT2D eigenvalue weighted by molar-refractivity contribution is 0.0117. The molecule has 0 aliphatic carbocycles. The van der Waals surface area contributed by atoms with Crippen LogP contribution in [0, 0.1) is 5.82 Å². The second-order valence-electron chi connectivity index (χ2n) is 10.0. The molecule has 1 unspecified atom stereocenters. The molecule has 2 aromatic carbocycles. The summed E-state index contributed by atoms with van der Waals surface area (Å²) in [5, 5.41) is 14.5. The van der Waals surface area contributed by atoms with Crippen LogP contribution in [0.5, 0.6) is 0 Å². The van der Waals surface area contributed by atoms with Crippen LogP contribution in [0.2, 0.25) is 0 Å². The Bertz CT molecular complexity index is 1210. The van der Waals surface area contributed by atoms with Gasteiger partial charge in [0, 0.05) is 36.1 Å². The number of benzene rings is 2. The minimum atomic E-state index is -0.838. The van der Waals surface area contributed by atoms with Crippen LogP contribution in [-0.4, -0.2) is 58.0 Å². The maximum absolute atomic E-state index is 13.8. The average Bonchev–Trinajstić information content (AvgIpc) is 3.41. The largest absolute Gasteiger partial charge is 0.445 e. The number of aliphatic hydroxyl groups excluding tert-OH is 1. The van der Waals surface area contributed by atoms with Crippen molar-refractivity contribution in [3.63, 3.8) is 0 Å². The molecule has 1 aliphatic rings. The quantitative estimate of drug-likeness (QED) is 0.459. The lowest BCUT2D eigenvalue weighted by atomic mass is 9.88. The van der Waals surface area contributed by atoms with Crippen molar-refractivity contribution >= 4 is 23.1 Å². The Morgan fingerprint density at radius 3 is 2.69 bits per heavy atom. The van der Waals surface area contributed by atoms with Gasteiger partial charge in [-0.05, 0) is 56.5 Å². The number of hydrogen-bond acceptors (Lipinski definition) is 5. The smallest absolute Gasteiger partial charge is 0.410 e. The zero-order valence-electron chi connectivity index (χ0n) is 20.7. The van der Waals surface area contributed by atoms with Crippen molar-refractivity contribution in [2.75, 3.05) is 13.1 Å². The van der Waals surface area contributed by atoms with E-state index in [2.05, 4.69) is 10.3 Å². The van der Waals surface area contributed by atoms with Crippen LogP contribution in [0.1, 0.15) is 44.2 Å². The molecule has 3 N–H and O–H groups in total. The van der Waals surface area contributed by atoms with Crippen LogP contribution in [0.4, 0.5) is 14.0 Å². The molecule has 1 aromatic heterocycles. The maximum Gasteiger partial charge on any atom is 0.410 e. The van der Waals surface area contributed by atoms with Crippen LogP contribution < -0.4 is 5.32 Å². The average molecular weight is 498 g/mol. The number of fused-ring (bicyclic) bond motifs is 1. The normalized spacial score (nSPS) is 18.8. The SMILES string of the molecule is CC(C)(C)OC(=O)N1CC[C@H](O)[C@H]1C(CNC(=O)OCc1ccccc1)c1c[nH]c2cc(F)ccc12. The number of carbonyl (C=O) groups excluding carboxylic acids is 2. The number of nitrogens with one attached hydrogen (secondary N) is 2. The summed E-state index contributed by atoms with van der Waals surface area (Å²) < 4.78 is 24.8. The van der Waals surface area contributed by atoms with Gasteiger partial charge >= 0.3 is 12.2 Å². The van der Waals surface area contributed by atoms with Crippen molar-refractivity contribution in [1.82, 2.24) is 15.2 Å². The number of nitrogens with zero attached hydrogens (tertiary/aromatic N) is 1. The first-order chi connectivity index (χ1) is 17.1. The second-order valence-corrected chi connectivity index (χ2v) is 10.0. The zero-order valence-corrected chi connectivity index (χ0v) is 20.7. The fraction of sp³-hybridized carbons (Fsp3) is 0.407. The monoisotopic (exact) mass is 497 g/mol. The summed E-state index contributed by atoms with van der Waals surface area (Å²) in [4.78, 5) is 30.1. The number of aromatic amines is 1. The van der Waals surface area contributed by atoms with Crippen LogP contribution in [0.3, 0.4) is 0 Å². The molecule has 0 radical (unpaired) electrons. The standard InChI is InChI=1S/C27H32FN3O5/c1-27(2,3)36-26(34)31-12-11-23(32)24(31)21(20-14-29-22-13-18(28)9-10-19(20)22)15-30-25(33)35-16-17-7-5-4-6-8-17/h4-10,13-14,21,23-24,29,32H,11-12,15-16H2,1-3H3,(H,30,33)/t21?,23-,24+/m0/s1. The first-order valence-corrected chi connectivity index (χ1v) is 12.0. The van der Waals surface area contributed by atoms with Gasteiger partial charge in [-0.25, -0.2) is 14.0 Å². The molecule has 0 bridgehead atoms. The van der Waals surface area contributed by atoms with E-state index in [0.29, 0.717) is 18.5 Å². The highest BCUT2D eigenvalue weighted by molar-refractivity contribution is 5.84. The van der Waals surface area contributed by atoms with Gasteiger partial charge in [0.15, 0.2) is 0 Å².